The van der Waals surface area contributed by atoms with E-state index in [1.54, 1.807) is 0 Å². The number of methoxy groups -OCH3 is 1. The van der Waals surface area contributed by atoms with Crippen LogP contribution in [0.5, 0.6) is 0 Å². The number of Topliss-reactive ketones (excluding diaryl/α,β-unsaturated/α-hetero) is 1. The van der Waals surface area contributed by atoms with Crippen molar-refractivity contribution in [2.75, 3.05) is 7.11 Å². The Kier molecular flexibility index (Phi) is 6.04. The Morgan fingerprint density at radius 3 is 2.28 bits per heavy atom. The highest BCUT2D eigenvalue weighted by atomic mass is 35.5. The highest BCUT2D eigenvalue weighted by Crippen LogP contribution is 2.34. The van der Waals surface area contributed by atoms with Crippen molar-refractivity contribution in [1.82, 2.24) is 4.72 Å². The molecule has 0 saturated heterocycles. The van der Waals surface area contributed by atoms with Crippen molar-refractivity contribution >= 4 is 39.3 Å². The number of carbonyl (C=O) groups is 3. The Morgan fingerprint density at radius 1 is 1.07 bits per heavy atom. The Balaban J connectivity index is 1.73. The molecule has 2 aromatic carbocycles. The van der Waals surface area contributed by atoms with E-state index in [1.807, 2.05) is 4.72 Å². The summed E-state index contributed by atoms with van der Waals surface area (Å²) in [6.45, 7) is 0. The molecule has 1 aliphatic carbocycles. The average molecular weight is 436 g/mol. The van der Waals surface area contributed by atoms with E-state index in [-0.39, 0.29) is 33.6 Å². The first-order valence-electron chi connectivity index (χ1n) is 8.78. The van der Waals surface area contributed by atoms with E-state index >= 15 is 0 Å². The van der Waals surface area contributed by atoms with Gasteiger partial charge in [0.25, 0.3) is 10.0 Å². The van der Waals surface area contributed by atoms with Crippen molar-refractivity contribution in [3.8, 4) is 0 Å². The summed E-state index contributed by atoms with van der Waals surface area (Å²) in [7, 11) is -3.00. The van der Waals surface area contributed by atoms with Crippen LogP contribution in [0.3, 0.4) is 0 Å². The van der Waals surface area contributed by atoms with Gasteiger partial charge < -0.3 is 4.74 Å². The third-order valence-corrected chi connectivity index (χ3v) is 6.30. The molecule has 9 heteroatoms. The summed E-state index contributed by atoms with van der Waals surface area (Å²) >= 11 is 6.00. The quantitative estimate of drug-likeness (QED) is 0.529. The van der Waals surface area contributed by atoms with Crippen molar-refractivity contribution in [3.63, 3.8) is 0 Å². The molecule has 152 valence electrons. The fourth-order valence-corrected chi connectivity index (χ4v) is 4.26. The van der Waals surface area contributed by atoms with E-state index in [0.717, 1.165) is 12.8 Å². The largest absolute Gasteiger partial charge is 0.465 e. The maximum atomic E-state index is 12.6. The van der Waals surface area contributed by atoms with Crippen LogP contribution in [0.2, 0.25) is 5.02 Å². The van der Waals surface area contributed by atoms with E-state index in [2.05, 4.69) is 4.74 Å². The number of benzene rings is 2. The molecule has 3 rings (SSSR count). The van der Waals surface area contributed by atoms with Gasteiger partial charge in [0.2, 0.25) is 5.91 Å². The smallest absolute Gasteiger partial charge is 0.337 e. The standard InChI is InChI=1S/C20H18ClNO6S/c1-28-20(25)14-4-2-12(3-5-14)10-18(23)22-29(26,27)17-11-15(8-9-16(17)21)19(24)13-6-7-13/h2-5,8-9,11,13H,6-7,10H2,1H3,(H,22,23). The number of esters is 1. The first-order valence-corrected chi connectivity index (χ1v) is 10.6. The van der Waals surface area contributed by atoms with Crippen molar-refractivity contribution in [2.24, 2.45) is 5.92 Å². The van der Waals surface area contributed by atoms with Crippen molar-refractivity contribution in [3.05, 3.63) is 64.2 Å². The monoisotopic (exact) mass is 435 g/mol. The van der Waals surface area contributed by atoms with Crippen LogP contribution in [0, 0.1) is 5.92 Å². The van der Waals surface area contributed by atoms with Crippen LogP contribution < -0.4 is 4.72 Å². The third kappa shape index (κ3) is 5.02. The lowest BCUT2D eigenvalue weighted by atomic mass is 10.1. The fraction of sp³-hybridized carbons (Fsp3) is 0.250. The van der Waals surface area contributed by atoms with Gasteiger partial charge in [-0.1, -0.05) is 23.7 Å². The van der Waals surface area contributed by atoms with Gasteiger partial charge in [-0.15, -0.1) is 0 Å². The maximum Gasteiger partial charge on any atom is 0.337 e. The predicted molar refractivity (Wildman–Crippen MR) is 105 cm³/mol. The number of ether oxygens (including phenoxy) is 1. The molecule has 7 nitrogen and oxygen atoms in total. The Morgan fingerprint density at radius 2 is 1.69 bits per heavy atom. The molecular weight excluding hydrogens is 418 g/mol. The minimum atomic E-state index is -4.25. The molecule has 0 unspecified atom stereocenters. The topological polar surface area (TPSA) is 107 Å². The fourth-order valence-electron chi connectivity index (χ4n) is 2.75. The maximum absolute atomic E-state index is 12.6. The molecule has 0 bridgehead atoms. The zero-order chi connectivity index (χ0) is 21.2. The lowest BCUT2D eigenvalue weighted by Gasteiger charge is -2.10. The van der Waals surface area contributed by atoms with Gasteiger partial charge in [0, 0.05) is 11.5 Å². The molecule has 1 amide bonds. The van der Waals surface area contributed by atoms with Crippen LogP contribution >= 0.6 is 11.6 Å². The normalized spacial score (nSPS) is 13.6. The van der Waals surface area contributed by atoms with E-state index in [0.29, 0.717) is 11.1 Å². The minimum absolute atomic E-state index is 0.0747. The Bertz CT molecular complexity index is 1070. The van der Waals surface area contributed by atoms with Crippen molar-refractivity contribution < 1.29 is 27.5 Å². The zero-order valence-electron chi connectivity index (χ0n) is 15.5. The highest BCUT2D eigenvalue weighted by molar-refractivity contribution is 7.90. The van der Waals surface area contributed by atoms with Gasteiger partial charge in [-0.25, -0.2) is 17.9 Å². The van der Waals surface area contributed by atoms with Crippen LogP contribution in [0.15, 0.2) is 47.4 Å². The first kappa shape index (κ1) is 21.0. The number of halogens is 1. The molecule has 29 heavy (non-hydrogen) atoms. The highest BCUT2D eigenvalue weighted by Gasteiger charge is 2.31. The van der Waals surface area contributed by atoms with E-state index < -0.39 is 21.9 Å². The molecule has 0 atom stereocenters. The Labute approximate surface area is 173 Å². The lowest BCUT2D eigenvalue weighted by Crippen LogP contribution is -2.32. The second kappa shape index (κ2) is 8.34. The van der Waals surface area contributed by atoms with Gasteiger partial charge >= 0.3 is 5.97 Å². The minimum Gasteiger partial charge on any atom is -0.465 e. The number of amides is 1. The summed E-state index contributed by atoms with van der Waals surface area (Å²) in [4.78, 5) is 35.5. The molecule has 1 N–H and O–H groups in total. The van der Waals surface area contributed by atoms with Crippen LogP contribution in [-0.2, 0) is 26.0 Å². The number of nitrogens with one attached hydrogen (secondary N) is 1. The van der Waals surface area contributed by atoms with Crippen molar-refractivity contribution in [1.29, 1.82) is 0 Å². The summed E-state index contributed by atoms with van der Waals surface area (Å²) in [5.41, 5.74) is 1.07. The number of rotatable bonds is 7. The molecular formula is C20H18ClNO6S. The summed E-state index contributed by atoms with van der Waals surface area (Å²) in [5, 5.41) is -0.0833. The molecule has 0 radical (unpaired) electrons. The third-order valence-electron chi connectivity index (χ3n) is 4.44. The molecule has 0 heterocycles. The molecule has 1 fully saturated rings. The molecule has 0 aromatic heterocycles. The first-order chi connectivity index (χ1) is 13.7. The van der Waals surface area contributed by atoms with Gasteiger partial charge in [0.05, 0.1) is 24.1 Å². The van der Waals surface area contributed by atoms with Gasteiger partial charge in [0.1, 0.15) is 4.90 Å². The van der Waals surface area contributed by atoms with E-state index in [9.17, 15) is 22.8 Å². The number of ketones is 1. The predicted octanol–water partition coefficient (Wildman–Crippen LogP) is 2.77. The number of sulfonamides is 1. The van der Waals surface area contributed by atoms with Crippen LogP contribution in [0.4, 0.5) is 0 Å². The number of carbonyl (C=O) groups excluding carboxylic acids is 3. The number of hydrogen-bond acceptors (Lipinski definition) is 6. The molecule has 0 spiro atoms. The molecule has 1 saturated carbocycles. The second-order valence-corrected chi connectivity index (χ2v) is 8.74. The van der Waals surface area contributed by atoms with Crippen LogP contribution in [-0.4, -0.2) is 33.2 Å². The average Bonchev–Trinajstić information content (AvgIpc) is 3.52. The SMILES string of the molecule is COC(=O)c1ccc(CC(=O)NS(=O)(=O)c2cc(C(=O)C3CC3)ccc2Cl)cc1. The van der Waals surface area contributed by atoms with Gasteiger partial charge in [-0.2, -0.15) is 0 Å². The Hall–Kier alpha value is -2.71. The summed E-state index contributed by atoms with van der Waals surface area (Å²) < 4.78 is 31.8. The van der Waals surface area contributed by atoms with E-state index in [4.69, 9.17) is 11.6 Å². The van der Waals surface area contributed by atoms with E-state index in [1.165, 1.54) is 49.6 Å². The summed E-state index contributed by atoms with van der Waals surface area (Å²) in [6, 6.07) is 10.0. The van der Waals surface area contributed by atoms with Crippen molar-refractivity contribution in [2.45, 2.75) is 24.2 Å². The molecule has 0 aliphatic heterocycles. The zero-order valence-corrected chi connectivity index (χ0v) is 17.0. The number of hydrogen-bond donors (Lipinski definition) is 1. The summed E-state index contributed by atoms with van der Waals surface area (Å²) in [5.74, 6) is -1.49. The van der Waals surface area contributed by atoms with Gasteiger partial charge in [-0.3, -0.25) is 9.59 Å². The molecule has 2 aromatic rings. The van der Waals surface area contributed by atoms with Crippen LogP contribution in [0.25, 0.3) is 0 Å². The molecule has 1 aliphatic rings. The van der Waals surface area contributed by atoms with Gasteiger partial charge in [0.15, 0.2) is 5.78 Å². The van der Waals surface area contributed by atoms with Gasteiger partial charge in [-0.05, 0) is 48.7 Å². The summed E-state index contributed by atoms with van der Waals surface area (Å²) in [6.07, 6.45) is 1.35. The second-order valence-electron chi connectivity index (χ2n) is 6.68. The lowest BCUT2D eigenvalue weighted by molar-refractivity contribution is -0.118. The van der Waals surface area contributed by atoms with Crippen LogP contribution in [0.1, 0.15) is 39.1 Å².